The van der Waals surface area contributed by atoms with Gasteiger partial charge in [0, 0.05) is 6.54 Å². The van der Waals surface area contributed by atoms with E-state index >= 15 is 0 Å². The molecule has 1 rings (SSSR count). The standard InChI is InChI=1S/C7H12N2OS.2HI.V/c1-4-9-5(10)7(2,3)8-6(9)11;;;/h4H2,1-3H3,(H,8,11);2*1H;/q;;;+2/p-2. The van der Waals surface area contributed by atoms with Crippen LogP contribution < -0.4 is 5.32 Å². The monoisotopic (exact) mass is 477 g/mol. The molecule has 0 aromatic heterocycles. The zero-order valence-corrected chi connectivity index (χ0v) is 14.7. The van der Waals surface area contributed by atoms with E-state index in [1.807, 2.05) is 20.8 Å². The number of hydrogen-bond acceptors (Lipinski definition) is 2. The fourth-order valence-electron chi connectivity index (χ4n) is 1.11. The molecule has 3 nitrogen and oxygen atoms in total. The third kappa shape index (κ3) is 4.11. The van der Waals surface area contributed by atoms with Crippen molar-refractivity contribution in [2.45, 2.75) is 26.3 Å². The Labute approximate surface area is 119 Å². The van der Waals surface area contributed by atoms with Crippen molar-refractivity contribution in [2.24, 2.45) is 0 Å². The molecule has 1 saturated heterocycles. The fraction of sp³-hybridized carbons (Fsp3) is 0.714. The molecule has 0 aromatic carbocycles. The Bertz CT molecular complexity index is 238. The Morgan fingerprint density at radius 1 is 1.57 bits per heavy atom. The van der Waals surface area contributed by atoms with Gasteiger partial charge in [-0.2, -0.15) is 0 Å². The molecule has 0 spiro atoms. The van der Waals surface area contributed by atoms with Gasteiger partial charge >= 0.3 is 49.4 Å². The molecule has 81 valence electrons. The molecule has 0 aromatic rings. The van der Waals surface area contributed by atoms with Gasteiger partial charge in [-0.1, -0.05) is 0 Å². The first-order valence-corrected chi connectivity index (χ1v) is 13.4. The van der Waals surface area contributed by atoms with Crippen LogP contribution in [0.2, 0.25) is 0 Å². The van der Waals surface area contributed by atoms with Crippen LogP contribution in [0.3, 0.4) is 0 Å². The van der Waals surface area contributed by atoms with Gasteiger partial charge in [0.1, 0.15) is 5.54 Å². The Kier molecular flexibility index (Phi) is 7.56. The van der Waals surface area contributed by atoms with Crippen LogP contribution in [-0.2, 0) is 14.3 Å². The van der Waals surface area contributed by atoms with Crippen molar-refractivity contribution in [1.29, 1.82) is 0 Å². The predicted molar refractivity (Wildman–Crippen MR) is 75.2 cm³/mol. The van der Waals surface area contributed by atoms with Crippen LogP contribution in [0.4, 0.5) is 0 Å². The number of carbonyl (C=O) groups is 1. The first-order chi connectivity index (χ1) is 6.40. The van der Waals surface area contributed by atoms with Gasteiger partial charge in [0.25, 0.3) is 5.91 Å². The van der Waals surface area contributed by atoms with E-state index < -0.39 is 5.54 Å². The van der Waals surface area contributed by atoms with E-state index in [0.29, 0.717) is 21.1 Å². The Balaban J connectivity index is 0.000000500. The molecule has 1 aliphatic rings. The number of nitrogens with zero attached hydrogens (tertiary/aromatic N) is 1. The minimum atomic E-state index is -0.507. The van der Waals surface area contributed by atoms with Gasteiger partial charge in [-0.05, 0) is 33.0 Å². The summed E-state index contributed by atoms with van der Waals surface area (Å²) in [4.78, 5) is 13.0. The third-order valence-electron chi connectivity index (χ3n) is 1.76. The zero-order valence-electron chi connectivity index (χ0n) is 8.17. The summed E-state index contributed by atoms with van der Waals surface area (Å²) in [5.41, 5.74) is -0.507. The van der Waals surface area contributed by atoms with E-state index in [-0.39, 0.29) is 5.91 Å². The molecule has 1 fully saturated rings. The number of carbonyl (C=O) groups excluding carboxylic acids is 1. The van der Waals surface area contributed by atoms with Crippen LogP contribution in [0.25, 0.3) is 0 Å². The van der Waals surface area contributed by atoms with Crippen LogP contribution in [0.15, 0.2) is 0 Å². The molecule has 0 atom stereocenters. The van der Waals surface area contributed by atoms with E-state index in [2.05, 4.69) is 45.3 Å². The SMILES string of the molecule is CCN1C(=O)C(C)(C)NC1=S.[I][V][I]. The first kappa shape index (κ1) is 15.4. The van der Waals surface area contributed by atoms with Crippen molar-refractivity contribution in [3.8, 4) is 0 Å². The van der Waals surface area contributed by atoms with E-state index in [1.165, 1.54) is 0 Å². The van der Waals surface area contributed by atoms with Crippen molar-refractivity contribution in [2.75, 3.05) is 6.54 Å². The van der Waals surface area contributed by atoms with E-state index in [4.69, 9.17) is 12.2 Å². The van der Waals surface area contributed by atoms with Gasteiger partial charge in [-0.3, -0.25) is 9.69 Å². The van der Waals surface area contributed by atoms with Gasteiger partial charge in [0.2, 0.25) is 0 Å². The second-order valence-corrected chi connectivity index (χ2v) is 15.3. The van der Waals surface area contributed by atoms with Crippen molar-refractivity contribution in [1.82, 2.24) is 10.2 Å². The molecule has 1 aliphatic heterocycles. The predicted octanol–water partition coefficient (Wildman–Crippen LogP) is 2.27. The molecule has 0 bridgehead atoms. The summed E-state index contributed by atoms with van der Waals surface area (Å²) in [7, 11) is 0.628. The number of nitrogens with one attached hydrogen (secondary N) is 1. The molecule has 0 aliphatic carbocycles. The summed E-state index contributed by atoms with van der Waals surface area (Å²) in [6.07, 6.45) is 0. The second-order valence-electron chi connectivity index (χ2n) is 3.17. The van der Waals surface area contributed by atoms with Gasteiger partial charge in [0.15, 0.2) is 5.11 Å². The van der Waals surface area contributed by atoms with E-state index in [9.17, 15) is 4.79 Å². The van der Waals surface area contributed by atoms with Crippen LogP contribution in [0.5, 0.6) is 0 Å². The molecule has 1 amide bonds. The molecule has 14 heavy (non-hydrogen) atoms. The maximum absolute atomic E-state index is 11.4. The van der Waals surface area contributed by atoms with Gasteiger partial charge in [-0.25, -0.2) is 0 Å². The third-order valence-corrected chi connectivity index (χ3v) is 2.08. The molecule has 1 heterocycles. The fourth-order valence-corrected chi connectivity index (χ4v) is 1.57. The summed E-state index contributed by atoms with van der Waals surface area (Å²) in [5, 5.41) is 3.50. The molecule has 0 unspecified atom stereocenters. The quantitative estimate of drug-likeness (QED) is 0.465. The zero-order chi connectivity index (χ0) is 11.4. The number of likely N-dealkylation sites (N-methyl/N-ethyl adjacent to an activating group) is 1. The minimum absolute atomic E-state index is 0.0602. The van der Waals surface area contributed by atoms with Crippen LogP contribution in [0.1, 0.15) is 20.8 Å². The van der Waals surface area contributed by atoms with Crippen molar-refractivity contribution in [3.05, 3.63) is 0 Å². The van der Waals surface area contributed by atoms with Crippen LogP contribution in [-0.4, -0.2) is 28.0 Å². The van der Waals surface area contributed by atoms with Crippen LogP contribution in [0, 0.1) is 0 Å². The van der Waals surface area contributed by atoms with Crippen molar-refractivity contribution < 1.29 is 14.3 Å². The molecule has 0 saturated carbocycles. The molecular formula is C7H12I2N2OSV. The second kappa shape index (κ2) is 6.87. The normalized spacial score (nSPS) is 18.5. The number of rotatable bonds is 1. The summed E-state index contributed by atoms with van der Waals surface area (Å²) < 4.78 is 0. The average molecular weight is 477 g/mol. The number of thiocarbonyl (C=S) groups is 1. The molecular weight excluding hydrogens is 465 g/mol. The van der Waals surface area contributed by atoms with Gasteiger partial charge in [-0.15, -0.1) is 0 Å². The topological polar surface area (TPSA) is 32.3 Å². The molecule has 0 radical (unpaired) electrons. The first-order valence-electron chi connectivity index (χ1n) is 3.97. The Hall–Kier alpha value is 1.40. The summed E-state index contributed by atoms with van der Waals surface area (Å²) in [6.45, 7) is 6.22. The number of hydrogen-bond donors (Lipinski definition) is 1. The van der Waals surface area contributed by atoms with Crippen molar-refractivity contribution in [3.63, 3.8) is 0 Å². The number of halogens is 2. The maximum atomic E-state index is 11.4. The van der Waals surface area contributed by atoms with Gasteiger partial charge < -0.3 is 5.32 Å². The summed E-state index contributed by atoms with van der Waals surface area (Å²) >= 11 is 9.70. The van der Waals surface area contributed by atoms with E-state index in [1.54, 1.807) is 4.90 Å². The van der Waals surface area contributed by atoms with Gasteiger partial charge in [0.05, 0.1) is 0 Å². The molecule has 7 heteroatoms. The Morgan fingerprint density at radius 3 is 2.14 bits per heavy atom. The Morgan fingerprint density at radius 2 is 2.00 bits per heavy atom. The molecule has 1 N–H and O–H groups in total. The van der Waals surface area contributed by atoms with Crippen LogP contribution >= 0.6 is 52.2 Å². The van der Waals surface area contributed by atoms with E-state index in [0.717, 1.165) is 0 Å². The summed E-state index contributed by atoms with van der Waals surface area (Å²) in [5.74, 6) is 0.0602. The average Bonchev–Trinajstić information content (AvgIpc) is 2.23. The van der Waals surface area contributed by atoms with Crippen molar-refractivity contribution >= 4 is 63.2 Å². The number of amides is 1. The summed E-state index contributed by atoms with van der Waals surface area (Å²) in [6, 6.07) is 0.